The lowest BCUT2D eigenvalue weighted by Crippen LogP contribution is -2.31. The molecule has 1 aromatic carbocycles. The lowest BCUT2D eigenvalue weighted by Gasteiger charge is -2.14. The molecule has 0 bridgehead atoms. The predicted octanol–water partition coefficient (Wildman–Crippen LogP) is 3.84. The number of aromatic amines is 1. The number of nitrogens with zero attached hydrogens (tertiary/aromatic N) is 3. The fourth-order valence-corrected chi connectivity index (χ4v) is 4.02. The summed E-state index contributed by atoms with van der Waals surface area (Å²) in [5.74, 6) is -0.0609. The maximum absolute atomic E-state index is 13.1. The number of carbonyl (C=O) groups excluding carboxylic acids is 1. The van der Waals surface area contributed by atoms with Gasteiger partial charge < -0.3 is 5.32 Å². The highest BCUT2D eigenvalue weighted by atomic mass is 32.2. The van der Waals surface area contributed by atoms with Gasteiger partial charge in [-0.25, -0.2) is 27.6 Å². The summed E-state index contributed by atoms with van der Waals surface area (Å²) >= 11 is 0. The van der Waals surface area contributed by atoms with Gasteiger partial charge in [-0.05, 0) is 36.8 Å². The minimum absolute atomic E-state index is 0.0130. The third-order valence-corrected chi connectivity index (χ3v) is 6.75. The molecule has 9 nitrogen and oxygen atoms in total. The average molecular weight is 469 g/mol. The van der Waals surface area contributed by atoms with Crippen LogP contribution >= 0.6 is 0 Å². The van der Waals surface area contributed by atoms with Crippen molar-refractivity contribution in [1.29, 1.82) is 0 Å². The molecule has 2 amide bonds. The van der Waals surface area contributed by atoms with E-state index in [2.05, 4.69) is 30.8 Å². The van der Waals surface area contributed by atoms with Gasteiger partial charge in [0, 0.05) is 29.4 Å². The number of urea groups is 1. The topological polar surface area (TPSA) is 130 Å². The average Bonchev–Trinajstić information content (AvgIpc) is 3.22. The molecule has 0 aliphatic carbocycles. The first-order valence-corrected chi connectivity index (χ1v) is 11.8. The second-order valence-corrected chi connectivity index (χ2v) is 9.57. The molecule has 0 aliphatic heterocycles. The summed E-state index contributed by atoms with van der Waals surface area (Å²) in [4.78, 5) is 20.7. The molecule has 1 atom stereocenters. The fourth-order valence-electron chi connectivity index (χ4n) is 3.24. The number of hydrogen-bond donors (Lipinski definition) is 3. The van der Waals surface area contributed by atoms with Crippen molar-refractivity contribution in [2.45, 2.75) is 24.9 Å². The van der Waals surface area contributed by atoms with Crippen molar-refractivity contribution in [3.63, 3.8) is 0 Å². The standard InChI is InChI=1S/C22H21FN6O3S/c1-3-33(31,32)20-9-6-15(11-25-20)21-17-12-24-19(10-18(17)28-29-21)27-22(30)26-13(2)14-4-7-16(23)8-5-14/h4-13H,3H2,1-2H3,(H,28,29)(H2,24,26,27,30). The molecule has 0 aliphatic rings. The van der Waals surface area contributed by atoms with E-state index in [1.807, 2.05) is 0 Å². The van der Waals surface area contributed by atoms with Gasteiger partial charge in [0.1, 0.15) is 17.3 Å². The number of anilines is 1. The summed E-state index contributed by atoms with van der Waals surface area (Å²) in [6.07, 6.45) is 3.01. The Morgan fingerprint density at radius 3 is 2.55 bits per heavy atom. The molecule has 1 unspecified atom stereocenters. The third kappa shape index (κ3) is 4.82. The molecule has 4 aromatic rings. The quantitative estimate of drug-likeness (QED) is 0.394. The number of pyridine rings is 2. The lowest BCUT2D eigenvalue weighted by molar-refractivity contribution is 0.249. The van der Waals surface area contributed by atoms with Gasteiger partial charge >= 0.3 is 6.03 Å². The zero-order chi connectivity index (χ0) is 23.6. The van der Waals surface area contributed by atoms with Crippen LogP contribution < -0.4 is 10.6 Å². The Morgan fingerprint density at radius 1 is 1.12 bits per heavy atom. The van der Waals surface area contributed by atoms with Crippen molar-refractivity contribution in [1.82, 2.24) is 25.5 Å². The molecule has 11 heteroatoms. The number of amides is 2. The van der Waals surface area contributed by atoms with Gasteiger partial charge in [-0.3, -0.25) is 10.4 Å². The Kier molecular flexibility index (Phi) is 6.05. The van der Waals surface area contributed by atoms with Gasteiger partial charge in [-0.2, -0.15) is 5.10 Å². The van der Waals surface area contributed by atoms with E-state index in [9.17, 15) is 17.6 Å². The SMILES string of the molecule is CCS(=O)(=O)c1ccc(-c2n[nH]c3cc(NC(=O)NC(C)c4ccc(F)cc4)ncc23)cn1. The van der Waals surface area contributed by atoms with Crippen LogP contribution in [0.3, 0.4) is 0 Å². The smallest absolute Gasteiger partial charge is 0.320 e. The van der Waals surface area contributed by atoms with Gasteiger partial charge in [-0.1, -0.05) is 19.1 Å². The van der Waals surface area contributed by atoms with Crippen LogP contribution in [0.25, 0.3) is 22.2 Å². The number of carbonyl (C=O) groups is 1. The first-order chi connectivity index (χ1) is 15.8. The van der Waals surface area contributed by atoms with Crippen LogP contribution in [-0.2, 0) is 9.84 Å². The number of H-pyrrole nitrogens is 1. The van der Waals surface area contributed by atoms with Gasteiger partial charge in [-0.15, -0.1) is 0 Å². The monoisotopic (exact) mass is 468 g/mol. The summed E-state index contributed by atoms with van der Waals surface area (Å²) in [7, 11) is -3.39. The Balaban J connectivity index is 1.48. The second kappa shape index (κ2) is 8.94. The van der Waals surface area contributed by atoms with E-state index in [0.29, 0.717) is 28.0 Å². The van der Waals surface area contributed by atoms with Gasteiger partial charge in [0.2, 0.25) is 0 Å². The molecule has 3 N–H and O–H groups in total. The number of halogens is 1. The van der Waals surface area contributed by atoms with Crippen molar-refractivity contribution < 1.29 is 17.6 Å². The number of nitrogens with one attached hydrogen (secondary N) is 3. The summed E-state index contributed by atoms with van der Waals surface area (Å²) in [6.45, 7) is 3.35. The third-order valence-electron chi connectivity index (χ3n) is 5.11. The summed E-state index contributed by atoms with van der Waals surface area (Å²) in [5, 5.41) is 13.3. The zero-order valence-electron chi connectivity index (χ0n) is 17.8. The van der Waals surface area contributed by atoms with Crippen molar-refractivity contribution in [3.8, 4) is 11.3 Å². The molecule has 0 saturated carbocycles. The number of rotatable bonds is 6. The fraction of sp³-hybridized carbons (Fsp3) is 0.182. The van der Waals surface area contributed by atoms with E-state index in [0.717, 1.165) is 5.56 Å². The van der Waals surface area contributed by atoms with Gasteiger partial charge in [0.15, 0.2) is 14.9 Å². The number of sulfone groups is 1. The molecule has 3 aromatic heterocycles. The molecule has 33 heavy (non-hydrogen) atoms. The van der Waals surface area contributed by atoms with Gasteiger partial charge in [0.05, 0.1) is 17.3 Å². The maximum Gasteiger partial charge on any atom is 0.320 e. The van der Waals surface area contributed by atoms with Gasteiger partial charge in [0.25, 0.3) is 0 Å². The largest absolute Gasteiger partial charge is 0.331 e. The minimum atomic E-state index is -3.39. The highest BCUT2D eigenvalue weighted by Crippen LogP contribution is 2.27. The Hall–Kier alpha value is -3.86. The highest BCUT2D eigenvalue weighted by Gasteiger charge is 2.16. The molecule has 170 valence electrons. The van der Waals surface area contributed by atoms with Crippen molar-refractivity contribution in [2.24, 2.45) is 0 Å². The molecular formula is C22H21FN6O3S. The van der Waals surface area contributed by atoms with Crippen molar-refractivity contribution in [2.75, 3.05) is 11.1 Å². The van der Waals surface area contributed by atoms with Crippen LogP contribution in [0.1, 0.15) is 25.5 Å². The molecule has 0 saturated heterocycles. The van der Waals surface area contributed by atoms with E-state index in [1.165, 1.54) is 24.4 Å². The predicted molar refractivity (Wildman–Crippen MR) is 122 cm³/mol. The lowest BCUT2D eigenvalue weighted by atomic mass is 10.1. The number of fused-ring (bicyclic) bond motifs is 1. The summed E-state index contributed by atoms with van der Waals surface area (Å²) in [6, 6.07) is 9.82. The minimum Gasteiger partial charge on any atom is -0.331 e. The summed E-state index contributed by atoms with van der Waals surface area (Å²) in [5.41, 5.74) is 2.59. The molecule has 0 radical (unpaired) electrons. The highest BCUT2D eigenvalue weighted by molar-refractivity contribution is 7.91. The maximum atomic E-state index is 13.1. The van der Waals surface area contributed by atoms with Crippen LogP contribution in [0, 0.1) is 5.82 Å². The molecule has 3 heterocycles. The van der Waals surface area contributed by atoms with E-state index < -0.39 is 15.9 Å². The van der Waals surface area contributed by atoms with Crippen LogP contribution in [0.5, 0.6) is 0 Å². The Labute approximate surface area is 189 Å². The van der Waals surface area contributed by atoms with E-state index in [-0.39, 0.29) is 22.6 Å². The van der Waals surface area contributed by atoms with Crippen molar-refractivity contribution >= 4 is 32.6 Å². The van der Waals surface area contributed by atoms with E-state index in [4.69, 9.17) is 0 Å². The molecule has 4 rings (SSSR count). The Bertz CT molecular complexity index is 1400. The number of aromatic nitrogens is 4. The van der Waals surface area contributed by atoms with Crippen molar-refractivity contribution in [3.05, 3.63) is 66.2 Å². The van der Waals surface area contributed by atoms with Crippen LogP contribution in [0.15, 0.2) is 59.9 Å². The van der Waals surface area contributed by atoms with Crippen LogP contribution in [0.4, 0.5) is 15.0 Å². The Morgan fingerprint density at radius 2 is 1.88 bits per heavy atom. The zero-order valence-corrected chi connectivity index (χ0v) is 18.6. The van der Waals surface area contributed by atoms with Crippen LogP contribution in [-0.4, -0.2) is 40.4 Å². The van der Waals surface area contributed by atoms with Crippen LogP contribution in [0.2, 0.25) is 0 Å². The summed E-state index contributed by atoms with van der Waals surface area (Å²) < 4.78 is 37.0. The molecule has 0 spiro atoms. The molecule has 0 fully saturated rings. The molecular weight excluding hydrogens is 447 g/mol. The first-order valence-electron chi connectivity index (χ1n) is 10.1. The van der Waals surface area contributed by atoms with E-state index >= 15 is 0 Å². The van der Waals surface area contributed by atoms with E-state index in [1.54, 1.807) is 44.3 Å². The number of benzene rings is 1. The first kappa shape index (κ1) is 22.3. The normalized spacial score (nSPS) is 12.5. The number of hydrogen-bond acceptors (Lipinski definition) is 6. The second-order valence-electron chi connectivity index (χ2n) is 7.35.